The van der Waals surface area contributed by atoms with Gasteiger partial charge in [-0.15, -0.1) is 5.10 Å². The van der Waals surface area contributed by atoms with E-state index in [0.717, 1.165) is 18.4 Å². The molecule has 1 N–H and O–H groups in total. The van der Waals surface area contributed by atoms with E-state index in [0.29, 0.717) is 31.0 Å². The molecule has 1 atom stereocenters. The molecule has 0 saturated heterocycles. The van der Waals surface area contributed by atoms with E-state index in [1.165, 1.54) is 6.26 Å². The van der Waals surface area contributed by atoms with Crippen molar-refractivity contribution in [1.29, 1.82) is 0 Å². The molecular weight excluding hydrogens is 386 g/mol. The summed E-state index contributed by atoms with van der Waals surface area (Å²) in [6, 6.07) is 9.99. The van der Waals surface area contributed by atoms with Crippen LogP contribution >= 0.6 is 0 Å². The zero-order chi connectivity index (χ0) is 21.3. The van der Waals surface area contributed by atoms with Gasteiger partial charge >= 0.3 is 0 Å². The van der Waals surface area contributed by atoms with Crippen molar-refractivity contribution in [2.24, 2.45) is 0 Å². The standard InChI is InChI=1S/C21H27N5O4/c1-3-4-12-25(19(27)15-26-17-9-6-5-8-16(17)23-24-26)20(18-10-7-13-30-18)21(28)22-11-14-29-2/h5-10,13,20H,3-4,11-12,14-15H2,1-2H3,(H,22,28)/t20-/m1/s1. The molecule has 0 aliphatic rings. The molecule has 0 spiro atoms. The van der Waals surface area contributed by atoms with E-state index in [4.69, 9.17) is 9.15 Å². The molecule has 0 unspecified atom stereocenters. The van der Waals surface area contributed by atoms with Crippen molar-refractivity contribution in [3.8, 4) is 0 Å². The maximum Gasteiger partial charge on any atom is 0.250 e. The number of hydrogen-bond donors (Lipinski definition) is 1. The number of para-hydroxylation sites is 1. The number of methoxy groups -OCH3 is 1. The number of furan rings is 1. The Labute approximate surface area is 175 Å². The van der Waals surface area contributed by atoms with Gasteiger partial charge in [0.05, 0.1) is 18.4 Å². The lowest BCUT2D eigenvalue weighted by Crippen LogP contribution is -2.45. The Balaban J connectivity index is 1.86. The zero-order valence-electron chi connectivity index (χ0n) is 17.3. The highest BCUT2D eigenvalue weighted by atomic mass is 16.5. The largest absolute Gasteiger partial charge is 0.467 e. The molecule has 3 rings (SSSR count). The third kappa shape index (κ3) is 5.04. The molecule has 160 valence electrons. The minimum atomic E-state index is -0.870. The number of carbonyl (C=O) groups excluding carboxylic acids is 2. The predicted molar refractivity (Wildman–Crippen MR) is 110 cm³/mol. The summed E-state index contributed by atoms with van der Waals surface area (Å²) in [5.41, 5.74) is 1.48. The number of unbranched alkanes of at least 4 members (excludes halogenated alkanes) is 1. The van der Waals surface area contributed by atoms with Gasteiger partial charge in [0.2, 0.25) is 5.91 Å². The van der Waals surface area contributed by atoms with Crippen LogP contribution in [0.2, 0.25) is 0 Å². The van der Waals surface area contributed by atoms with Crippen molar-refractivity contribution in [2.45, 2.75) is 32.4 Å². The average Bonchev–Trinajstić information content (AvgIpc) is 3.41. The fourth-order valence-corrected chi connectivity index (χ4v) is 3.22. The molecule has 2 aromatic heterocycles. The lowest BCUT2D eigenvalue weighted by atomic mass is 10.1. The second-order valence-electron chi connectivity index (χ2n) is 6.88. The van der Waals surface area contributed by atoms with Crippen molar-refractivity contribution in [1.82, 2.24) is 25.2 Å². The number of hydrogen-bond acceptors (Lipinski definition) is 6. The van der Waals surface area contributed by atoms with E-state index in [-0.39, 0.29) is 18.4 Å². The zero-order valence-corrected chi connectivity index (χ0v) is 17.3. The molecule has 30 heavy (non-hydrogen) atoms. The maximum absolute atomic E-state index is 13.3. The first-order valence-electron chi connectivity index (χ1n) is 10.0. The lowest BCUT2D eigenvalue weighted by Gasteiger charge is -2.29. The van der Waals surface area contributed by atoms with E-state index in [2.05, 4.69) is 15.6 Å². The lowest BCUT2D eigenvalue weighted by molar-refractivity contribution is -0.142. The molecule has 0 radical (unpaired) electrons. The normalized spacial score (nSPS) is 12.1. The van der Waals surface area contributed by atoms with Gasteiger partial charge in [-0.05, 0) is 30.7 Å². The number of aromatic nitrogens is 3. The molecule has 0 bridgehead atoms. The number of benzene rings is 1. The molecule has 2 heterocycles. The minimum Gasteiger partial charge on any atom is -0.467 e. The molecule has 1 aromatic carbocycles. The van der Waals surface area contributed by atoms with Crippen LogP contribution in [0.5, 0.6) is 0 Å². The number of nitrogens with zero attached hydrogens (tertiary/aromatic N) is 4. The van der Waals surface area contributed by atoms with Crippen molar-refractivity contribution in [3.63, 3.8) is 0 Å². The average molecular weight is 413 g/mol. The van der Waals surface area contributed by atoms with Gasteiger partial charge in [0, 0.05) is 20.2 Å². The summed E-state index contributed by atoms with van der Waals surface area (Å²) in [6.07, 6.45) is 3.14. The Morgan fingerprint density at radius 2 is 2.10 bits per heavy atom. The highest BCUT2D eigenvalue weighted by Crippen LogP contribution is 2.23. The SMILES string of the molecule is CCCCN(C(=O)Cn1nnc2ccccc21)[C@@H](C(=O)NCCOC)c1ccco1. The third-order valence-electron chi connectivity index (χ3n) is 4.76. The van der Waals surface area contributed by atoms with Crippen LogP contribution in [-0.4, -0.2) is 58.5 Å². The molecule has 0 saturated carbocycles. The quantitative estimate of drug-likeness (QED) is 0.483. The van der Waals surface area contributed by atoms with E-state index >= 15 is 0 Å². The van der Waals surface area contributed by atoms with Crippen LogP contribution < -0.4 is 5.32 Å². The first-order valence-corrected chi connectivity index (χ1v) is 10.0. The van der Waals surface area contributed by atoms with Gasteiger partial charge in [-0.2, -0.15) is 0 Å². The second-order valence-corrected chi connectivity index (χ2v) is 6.88. The molecule has 2 amide bonds. The number of carbonyl (C=O) groups is 2. The number of ether oxygens (including phenoxy) is 1. The van der Waals surface area contributed by atoms with Crippen LogP contribution in [-0.2, 0) is 20.9 Å². The second kappa shape index (κ2) is 10.5. The fourth-order valence-electron chi connectivity index (χ4n) is 3.22. The van der Waals surface area contributed by atoms with Crippen LogP contribution in [0.3, 0.4) is 0 Å². The smallest absolute Gasteiger partial charge is 0.250 e. The Morgan fingerprint density at radius 3 is 2.83 bits per heavy atom. The first-order chi connectivity index (χ1) is 14.7. The van der Waals surface area contributed by atoms with E-state index in [1.807, 2.05) is 31.2 Å². The minimum absolute atomic E-state index is 0.0210. The molecule has 9 nitrogen and oxygen atoms in total. The topological polar surface area (TPSA) is 102 Å². The highest BCUT2D eigenvalue weighted by Gasteiger charge is 2.33. The van der Waals surface area contributed by atoms with Crippen LogP contribution in [0.1, 0.15) is 31.6 Å². The Morgan fingerprint density at radius 1 is 1.27 bits per heavy atom. The number of nitrogens with one attached hydrogen (secondary N) is 1. The van der Waals surface area contributed by atoms with E-state index in [9.17, 15) is 9.59 Å². The molecule has 0 fully saturated rings. The first kappa shape index (κ1) is 21.5. The molecular formula is C21H27N5O4. The van der Waals surface area contributed by atoms with Gasteiger partial charge in [0.25, 0.3) is 5.91 Å². The number of amides is 2. The monoisotopic (exact) mass is 413 g/mol. The van der Waals surface area contributed by atoms with E-state index in [1.54, 1.807) is 28.8 Å². The van der Waals surface area contributed by atoms with Gasteiger partial charge in [0.1, 0.15) is 17.8 Å². The summed E-state index contributed by atoms with van der Waals surface area (Å²) in [4.78, 5) is 27.9. The molecule has 9 heteroatoms. The Hall–Kier alpha value is -3.20. The summed E-state index contributed by atoms with van der Waals surface area (Å²) in [6.45, 7) is 3.16. The third-order valence-corrected chi connectivity index (χ3v) is 4.76. The molecule has 0 aliphatic heterocycles. The van der Waals surface area contributed by atoms with Gasteiger partial charge < -0.3 is 19.4 Å². The number of fused-ring (bicyclic) bond motifs is 1. The van der Waals surface area contributed by atoms with Crippen LogP contribution in [0.25, 0.3) is 11.0 Å². The van der Waals surface area contributed by atoms with Gasteiger partial charge in [0.15, 0.2) is 6.04 Å². The summed E-state index contributed by atoms with van der Waals surface area (Å²) in [7, 11) is 1.57. The highest BCUT2D eigenvalue weighted by molar-refractivity contribution is 5.88. The number of rotatable bonds is 11. The fraction of sp³-hybridized carbons (Fsp3) is 0.429. The Kier molecular flexibility index (Phi) is 7.56. The van der Waals surface area contributed by atoms with Crippen LogP contribution in [0.4, 0.5) is 0 Å². The predicted octanol–water partition coefficient (Wildman–Crippen LogP) is 2.16. The van der Waals surface area contributed by atoms with Crippen molar-refractivity contribution < 1.29 is 18.7 Å². The molecule has 0 aliphatic carbocycles. The summed E-state index contributed by atoms with van der Waals surface area (Å²) in [5, 5.41) is 11.0. The van der Waals surface area contributed by atoms with E-state index < -0.39 is 6.04 Å². The summed E-state index contributed by atoms with van der Waals surface area (Å²) < 4.78 is 12.1. The summed E-state index contributed by atoms with van der Waals surface area (Å²) >= 11 is 0. The van der Waals surface area contributed by atoms with Crippen LogP contribution in [0, 0.1) is 0 Å². The Bertz CT molecular complexity index is 953. The van der Waals surface area contributed by atoms with Crippen molar-refractivity contribution in [2.75, 3.05) is 26.8 Å². The van der Waals surface area contributed by atoms with Crippen LogP contribution in [0.15, 0.2) is 47.1 Å². The summed E-state index contributed by atoms with van der Waals surface area (Å²) in [5.74, 6) is -0.130. The van der Waals surface area contributed by atoms with Gasteiger partial charge in [-0.25, -0.2) is 4.68 Å². The van der Waals surface area contributed by atoms with Gasteiger partial charge in [-0.3, -0.25) is 9.59 Å². The maximum atomic E-state index is 13.3. The van der Waals surface area contributed by atoms with Crippen molar-refractivity contribution in [3.05, 3.63) is 48.4 Å². The van der Waals surface area contributed by atoms with Gasteiger partial charge in [-0.1, -0.05) is 30.7 Å². The van der Waals surface area contributed by atoms with Crippen molar-refractivity contribution >= 4 is 22.8 Å². The molecule has 3 aromatic rings.